The molecule has 1 N–H and O–H groups in total. The second-order valence-corrected chi connectivity index (χ2v) is 4.59. The summed E-state index contributed by atoms with van der Waals surface area (Å²) in [6.45, 7) is 9.17. The van der Waals surface area contributed by atoms with Gasteiger partial charge in [-0.3, -0.25) is 4.90 Å². The molecule has 0 aromatic rings. The molecule has 0 bridgehead atoms. The fraction of sp³-hybridized carbons (Fsp3) is 1.00. The molecule has 1 unspecified atom stereocenters. The first kappa shape index (κ1) is 14.9. The summed E-state index contributed by atoms with van der Waals surface area (Å²) >= 11 is 0. The molecule has 1 atom stereocenters. The molecule has 0 aliphatic carbocycles. The van der Waals surface area contributed by atoms with E-state index >= 15 is 0 Å². The number of likely N-dealkylation sites (N-methyl/N-ethyl adjacent to an activating group) is 1. The van der Waals surface area contributed by atoms with Crippen LogP contribution in [0.4, 0.5) is 0 Å². The highest BCUT2D eigenvalue weighted by atomic mass is 16.5. The lowest BCUT2D eigenvalue weighted by molar-refractivity contribution is 0.103. The van der Waals surface area contributed by atoms with Crippen molar-refractivity contribution >= 4 is 0 Å². The maximum atomic E-state index is 5.50. The van der Waals surface area contributed by atoms with Crippen LogP contribution in [-0.2, 0) is 9.47 Å². The van der Waals surface area contributed by atoms with Crippen LogP contribution in [0.5, 0.6) is 0 Å². The molecule has 1 aliphatic heterocycles. The smallest absolute Gasteiger partial charge is 0.0590 e. The van der Waals surface area contributed by atoms with Crippen molar-refractivity contribution in [3.8, 4) is 0 Å². The Bertz CT molecular complexity index is 179. The fourth-order valence-electron chi connectivity index (χ4n) is 2.36. The van der Waals surface area contributed by atoms with Crippen LogP contribution in [0, 0.1) is 0 Å². The molecule has 1 saturated heterocycles. The SMILES string of the molecule is CCN1CCCC1CNCCOCCCOC. The summed E-state index contributed by atoms with van der Waals surface area (Å²) in [5.74, 6) is 0. The Hall–Kier alpha value is -0.160. The Balaban J connectivity index is 1.87. The van der Waals surface area contributed by atoms with Gasteiger partial charge < -0.3 is 14.8 Å². The Morgan fingerprint density at radius 2 is 2.18 bits per heavy atom. The molecule has 0 radical (unpaired) electrons. The Morgan fingerprint density at radius 3 is 2.94 bits per heavy atom. The van der Waals surface area contributed by atoms with E-state index in [1.54, 1.807) is 7.11 Å². The summed E-state index contributed by atoms with van der Waals surface area (Å²) in [5.41, 5.74) is 0. The summed E-state index contributed by atoms with van der Waals surface area (Å²) in [4.78, 5) is 2.56. The average molecular weight is 244 g/mol. The molecule has 17 heavy (non-hydrogen) atoms. The zero-order valence-corrected chi connectivity index (χ0v) is 11.4. The van der Waals surface area contributed by atoms with Crippen LogP contribution < -0.4 is 5.32 Å². The average Bonchev–Trinajstić information content (AvgIpc) is 2.80. The zero-order valence-electron chi connectivity index (χ0n) is 11.4. The van der Waals surface area contributed by atoms with Gasteiger partial charge in [0.15, 0.2) is 0 Å². The van der Waals surface area contributed by atoms with Crippen molar-refractivity contribution in [1.29, 1.82) is 0 Å². The molecule has 1 rings (SSSR count). The first-order chi connectivity index (χ1) is 8.38. The van der Waals surface area contributed by atoms with Crippen molar-refractivity contribution in [3.63, 3.8) is 0 Å². The Kier molecular flexibility index (Phi) is 8.61. The first-order valence-corrected chi connectivity index (χ1v) is 6.90. The number of ether oxygens (including phenoxy) is 2. The van der Waals surface area contributed by atoms with Crippen LogP contribution in [0.25, 0.3) is 0 Å². The summed E-state index contributed by atoms with van der Waals surface area (Å²) in [6, 6.07) is 0.744. The van der Waals surface area contributed by atoms with Gasteiger partial charge in [0.2, 0.25) is 0 Å². The quantitative estimate of drug-likeness (QED) is 0.584. The van der Waals surface area contributed by atoms with Gasteiger partial charge in [0.05, 0.1) is 6.61 Å². The molecule has 0 spiro atoms. The lowest BCUT2D eigenvalue weighted by atomic mass is 10.2. The maximum absolute atomic E-state index is 5.50. The zero-order chi connectivity index (χ0) is 12.3. The van der Waals surface area contributed by atoms with E-state index in [2.05, 4.69) is 17.1 Å². The molecular formula is C13H28N2O2. The first-order valence-electron chi connectivity index (χ1n) is 6.90. The lowest BCUT2D eigenvalue weighted by Crippen LogP contribution is -2.38. The molecule has 0 amide bonds. The van der Waals surface area contributed by atoms with Gasteiger partial charge in [-0.2, -0.15) is 0 Å². The van der Waals surface area contributed by atoms with Gasteiger partial charge in [-0.15, -0.1) is 0 Å². The topological polar surface area (TPSA) is 33.7 Å². The molecule has 1 aliphatic rings. The van der Waals surface area contributed by atoms with Crippen molar-refractivity contribution in [2.24, 2.45) is 0 Å². The van der Waals surface area contributed by atoms with Crippen molar-refractivity contribution in [1.82, 2.24) is 10.2 Å². The van der Waals surface area contributed by atoms with Gasteiger partial charge in [0.1, 0.15) is 0 Å². The Morgan fingerprint density at radius 1 is 1.29 bits per heavy atom. The molecular weight excluding hydrogens is 216 g/mol. The van der Waals surface area contributed by atoms with Gasteiger partial charge >= 0.3 is 0 Å². The minimum absolute atomic E-state index is 0.744. The summed E-state index contributed by atoms with van der Waals surface area (Å²) in [6.07, 6.45) is 3.69. The number of hydrogen-bond acceptors (Lipinski definition) is 4. The molecule has 1 fully saturated rings. The number of nitrogens with zero attached hydrogens (tertiary/aromatic N) is 1. The second-order valence-electron chi connectivity index (χ2n) is 4.59. The number of nitrogens with one attached hydrogen (secondary N) is 1. The Labute approximate surface area is 106 Å². The molecule has 4 nitrogen and oxygen atoms in total. The largest absolute Gasteiger partial charge is 0.385 e. The molecule has 1 heterocycles. The van der Waals surface area contributed by atoms with Gasteiger partial charge in [0.25, 0.3) is 0 Å². The molecule has 0 saturated carbocycles. The summed E-state index contributed by atoms with van der Waals surface area (Å²) in [5, 5.41) is 3.48. The van der Waals surface area contributed by atoms with Crippen LogP contribution in [-0.4, -0.2) is 64.1 Å². The van der Waals surface area contributed by atoms with Crippen molar-refractivity contribution in [2.45, 2.75) is 32.2 Å². The van der Waals surface area contributed by atoms with E-state index in [9.17, 15) is 0 Å². The van der Waals surface area contributed by atoms with E-state index in [4.69, 9.17) is 9.47 Å². The van der Waals surface area contributed by atoms with Crippen LogP contribution in [0.2, 0.25) is 0 Å². The number of hydrogen-bond donors (Lipinski definition) is 1. The van der Waals surface area contributed by atoms with E-state index < -0.39 is 0 Å². The third kappa shape index (κ3) is 6.36. The van der Waals surface area contributed by atoms with Gasteiger partial charge in [-0.05, 0) is 32.4 Å². The standard InChI is InChI=1S/C13H28N2O2/c1-3-15-8-4-6-13(15)12-14-7-11-17-10-5-9-16-2/h13-14H,3-12H2,1-2H3. The van der Waals surface area contributed by atoms with E-state index in [0.29, 0.717) is 0 Å². The summed E-state index contributed by atoms with van der Waals surface area (Å²) in [7, 11) is 1.72. The van der Waals surface area contributed by atoms with Crippen LogP contribution in [0.15, 0.2) is 0 Å². The highest BCUT2D eigenvalue weighted by molar-refractivity contribution is 4.79. The number of rotatable bonds is 10. The highest BCUT2D eigenvalue weighted by Gasteiger charge is 2.21. The van der Waals surface area contributed by atoms with Gasteiger partial charge in [0, 0.05) is 39.5 Å². The normalized spacial score (nSPS) is 21.2. The summed E-state index contributed by atoms with van der Waals surface area (Å²) < 4.78 is 10.5. The van der Waals surface area contributed by atoms with Crippen molar-refractivity contribution in [2.75, 3.05) is 53.1 Å². The van der Waals surface area contributed by atoms with Crippen LogP contribution in [0.3, 0.4) is 0 Å². The lowest BCUT2D eigenvalue weighted by Gasteiger charge is -2.22. The maximum Gasteiger partial charge on any atom is 0.0590 e. The van der Waals surface area contributed by atoms with Gasteiger partial charge in [-0.1, -0.05) is 6.92 Å². The van der Waals surface area contributed by atoms with E-state index in [-0.39, 0.29) is 0 Å². The fourth-order valence-corrected chi connectivity index (χ4v) is 2.36. The van der Waals surface area contributed by atoms with Crippen molar-refractivity contribution in [3.05, 3.63) is 0 Å². The van der Waals surface area contributed by atoms with Gasteiger partial charge in [-0.25, -0.2) is 0 Å². The van der Waals surface area contributed by atoms with E-state index in [1.807, 2.05) is 0 Å². The van der Waals surface area contributed by atoms with Crippen molar-refractivity contribution < 1.29 is 9.47 Å². The van der Waals surface area contributed by atoms with E-state index in [1.165, 1.54) is 25.9 Å². The minimum Gasteiger partial charge on any atom is -0.385 e. The molecule has 0 aromatic heterocycles. The third-order valence-electron chi connectivity index (χ3n) is 3.35. The monoisotopic (exact) mass is 244 g/mol. The third-order valence-corrected chi connectivity index (χ3v) is 3.35. The van der Waals surface area contributed by atoms with Crippen LogP contribution >= 0.6 is 0 Å². The highest BCUT2D eigenvalue weighted by Crippen LogP contribution is 2.15. The molecule has 4 heteroatoms. The number of methoxy groups -OCH3 is 1. The van der Waals surface area contributed by atoms with Crippen LogP contribution in [0.1, 0.15) is 26.2 Å². The molecule has 102 valence electrons. The van der Waals surface area contributed by atoms with E-state index in [0.717, 1.165) is 45.4 Å². The predicted molar refractivity (Wildman–Crippen MR) is 70.5 cm³/mol. The second kappa shape index (κ2) is 9.83. The number of likely N-dealkylation sites (tertiary alicyclic amines) is 1. The molecule has 0 aromatic carbocycles. The predicted octanol–water partition coefficient (Wildman–Crippen LogP) is 1.11. The minimum atomic E-state index is 0.744.